The topological polar surface area (TPSA) is 79.3 Å². The van der Waals surface area contributed by atoms with E-state index in [1.165, 1.54) is 31.5 Å². The summed E-state index contributed by atoms with van der Waals surface area (Å²) in [6, 6.07) is 6.12. The number of Topliss-reactive ketones (excluding diaryl/α,β-unsaturated/α-hetero) is 1. The van der Waals surface area contributed by atoms with Gasteiger partial charge >= 0.3 is 0 Å². The molecule has 0 saturated carbocycles. The molecule has 1 amide bonds. The summed E-state index contributed by atoms with van der Waals surface area (Å²) in [5.41, 5.74) is -0.820. The fourth-order valence-corrected chi connectivity index (χ4v) is 2.89. The molecule has 0 bridgehead atoms. The predicted octanol–water partition coefficient (Wildman–Crippen LogP) is 3.44. The lowest BCUT2D eigenvalue weighted by Crippen LogP contribution is -2.27. The number of carbonyl (C=O) groups excluding carboxylic acids is 2. The molecule has 1 atom stereocenters. The first kappa shape index (κ1) is 17.4. The minimum absolute atomic E-state index is 0.182. The summed E-state index contributed by atoms with van der Waals surface area (Å²) in [4.78, 5) is 27.0. The quantitative estimate of drug-likeness (QED) is 0.616. The largest absolute Gasteiger partial charge is 0.385 e. The van der Waals surface area contributed by atoms with Crippen molar-refractivity contribution in [3.63, 3.8) is 0 Å². The first-order valence-electron chi connectivity index (χ1n) is 6.71. The molecule has 1 aromatic heterocycles. The van der Waals surface area contributed by atoms with E-state index >= 15 is 0 Å². The molecule has 0 saturated heterocycles. The van der Waals surface area contributed by atoms with Gasteiger partial charge in [-0.05, 0) is 31.2 Å². The van der Waals surface area contributed by atoms with Crippen molar-refractivity contribution in [2.24, 2.45) is 0 Å². The van der Waals surface area contributed by atoms with Gasteiger partial charge < -0.3 is 10.4 Å². The number of benzene rings is 1. The Morgan fingerprint density at radius 3 is 2.48 bits per heavy atom. The highest BCUT2D eigenvalue weighted by molar-refractivity contribution is 6.36. The molecule has 2 N–H and O–H groups in total. The first-order valence-corrected chi connectivity index (χ1v) is 7.46. The van der Waals surface area contributed by atoms with Gasteiger partial charge in [-0.3, -0.25) is 14.6 Å². The highest BCUT2D eigenvalue weighted by Crippen LogP contribution is 2.40. The van der Waals surface area contributed by atoms with Gasteiger partial charge in [-0.15, -0.1) is 0 Å². The fourth-order valence-electron chi connectivity index (χ4n) is 2.32. The van der Waals surface area contributed by atoms with Gasteiger partial charge in [0.2, 0.25) is 6.41 Å². The molecule has 7 heteroatoms. The molecule has 2 rings (SSSR count). The summed E-state index contributed by atoms with van der Waals surface area (Å²) < 4.78 is 0. The summed E-state index contributed by atoms with van der Waals surface area (Å²) in [5, 5.41) is 13.6. The van der Waals surface area contributed by atoms with E-state index in [1.807, 2.05) is 0 Å². The lowest BCUT2D eigenvalue weighted by molar-refractivity contribution is -0.105. The Morgan fingerprint density at radius 1 is 1.26 bits per heavy atom. The number of nitrogens with one attached hydrogen (secondary N) is 1. The molecule has 0 aliphatic heterocycles. The van der Waals surface area contributed by atoms with Crippen LogP contribution in [0, 0.1) is 0 Å². The van der Waals surface area contributed by atoms with Crippen LogP contribution in [0.15, 0.2) is 36.7 Å². The van der Waals surface area contributed by atoms with E-state index in [9.17, 15) is 14.7 Å². The molecule has 0 aliphatic carbocycles. The van der Waals surface area contributed by atoms with Gasteiger partial charge in [0.1, 0.15) is 0 Å². The third kappa shape index (κ3) is 3.88. The number of hydrogen-bond acceptors (Lipinski definition) is 4. The molecular weight excluding hydrogens is 339 g/mol. The van der Waals surface area contributed by atoms with Crippen molar-refractivity contribution in [3.05, 3.63) is 57.8 Å². The van der Waals surface area contributed by atoms with Crippen LogP contribution >= 0.6 is 23.2 Å². The van der Waals surface area contributed by atoms with E-state index in [-0.39, 0.29) is 33.5 Å². The van der Waals surface area contributed by atoms with Crippen molar-refractivity contribution in [1.82, 2.24) is 4.98 Å². The molecule has 0 unspecified atom stereocenters. The van der Waals surface area contributed by atoms with Crippen LogP contribution in [-0.2, 0) is 10.4 Å². The standard InChI is InChI=1S/C16H14Cl2N2O3/c1-16(23,8-13(22)10-4-6-19-7-5-10)14-11(17)2-3-12(18)15(14)20-9-21/h2-7,9,23H,8H2,1H3,(H,20,21)/t16-/m1/s1. The SMILES string of the molecule is C[C@@](O)(CC(=O)c1ccncc1)c1c(Cl)ccc(Cl)c1NC=O. The van der Waals surface area contributed by atoms with Crippen LogP contribution < -0.4 is 5.32 Å². The Kier molecular flexibility index (Phi) is 5.36. The number of carbonyl (C=O) groups is 2. The Bertz CT molecular complexity index is 734. The third-order valence-corrected chi connectivity index (χ3v) is 3.98. The van der Waals surface area contributed by atoms with Crippen molar-refractivity contribution in [1.29, 1.82) is 0 Å². The maximum atomic E-state index is 12.3. The number of halogens is 2. The fraction of sp³-hybridized carbons (Fsp3) is 0.188. The minimum atomic E-state index is -1.62. The van der Waals surface area contributed by atoms with Crippen molar-refractivity contribution >= 4 is 41.1 Å². The minimum Gasteiger partial charge on any atom is -0.385 e. The molecule has 120 valence electrons. The normalized spacial score (nSPS) is 13.2. The highest BCUT2D eigenvalue weighted by Gasteiger charge is 2.33. The van der Waals surface area contributed by atoms with Crippen LogP contribution in [0.2, 0.25) is 10.0 Å². The third-order valence-electron chi connectivity index (χ3n) is 3.35. The van der Waals surface area contributed by atoms with Crippen LogP contribution in [0.5, 0.6) is 0 Å². The zero-order chi connectivity index (χ0) is 17.0. The van der Waals surface area contributed by atoms with Gasteiger partial charge in [0.25, 0.3) is 0 Å². The van der Waals surface area contributed by atoms with Crippen LogP contribution in [0.4, 0.5) is 5.69 Å². The number of rotatable bonds is 6. The van der Waals surface area contributed by atoms with Crippen molar-refractivity contribution in [3.8, 4) is 0 Å². The smallest absolute Gasteiger partial charge is 0.211 e. The van der Waals surface area contributed by atoms with Crippen molar-refractivity contribution in [2.45, 2.75) is 18.9 Å². The second kappa shape index (κ2) is 7.08. The monoisotopic (exact) mass is 352 g/mol. The Morgan fingerprint density at radius 2 is 1.87 bits per heavy atom. The maximum absolute atomic E-state index is 12.3. The van der Waals surface area contributed by atoms with E-state index in [2.05, 4.69) is 10.3 Å². The summed E-state index contributed by atoms with van der Waals surface area (Å²) in [7, 11) is 0. The summed E-state index contributed by atoms with van der Waals surface area (Å²) in [6.45, 7) is 1.44. The second-order valence-corrected chi connectivity index (χ2v) is 5.97. The van der Waals surface area contributed by atoms with E-state index < -0.39 is 5.60 Å². The van der Waals surface area contributed by atoms with Gasteiger partial charge in [-0.2, -0.15) is 0 Å². The number of ketones is 1. The second-order valence-electron chi connectivity index (χ2n) is 5.15. The van der Waals surface area contributed by atoms with Gasteiger partial charge in [0, 0.05) is 35.0 Å². The van der Waals surface area contributed by atoms with E-state index in [0.717, 1.165) is 0 Å². The number of amides is 1. The zero-order valence-electron chi connectivity index (χ0n) is 12.2. The molecular formula is C16H14Cl2N2O3. The van der Waals surface area contributed by atoms with Crippen molar-refractivity contribution in [2.75, 3.05) is 5.32 Å². The number of hydrogen-bond donors (Lipinski definition) is 2. The number of anilines is 1. The van der Waals surface area contributed by atoms with E-state index in [1.54, 1.807) is 12.1 Å². The molecule has 1 heterocycles. The van der Waals surface area contributed by atoms with Gasteiger partial charge in [0.15, 0.2) is 5.78 Å². The van der Waals surface area contributed by atoms with E-state index in [0.29, 0.717) is 12.0 Å². The predicted molar refractivity (Wildman–Crippen MR) is 88.9 cm³/mol. The highest BCUT2D eigenvalue weighted by atomic mass is 35.5. The van der Waals surface area contributed by atoms with Crippen LogP contribution in [0.25, 0.3) is 0 Å². The van der Waals surface area contributed by atoms with Crippen molar-refractivity contribution < 1.29 is 14.7 Å². The molecule has 0 aliphatic rings. The molecule has 23 heavy (non-hydrogen) atoms. The Hall–Kier alpha value is -1.95. The molecule has 0 radical (unpaired) electrons. The summed E-state index contributed by atoms with van der Waals surface area (Å²) >= 11 is 12.2. The maximum Gasteiger partial charge on any atom is 0.211 e. The molecule has 0 fully saturated rings. The van der Waals surface area contributed by atoms with Gasteiger partial charge in [-0.1, -0.05) is 23.2 Å². The number of pyridine rings is 1. The molecule has 0 spiro atoms. The summed E-state index contributed by atoms with van der Waals surface area (Å²) in [6.07, 6.45) is 3.19. The average Bonchev–Trinajstić information content (AvgIpc) is 2.51. The number of nitrogens with zero attached hydrogens (tertiary/aromatic N) is 1. The zero-order valence-corrected chi connectivity index (χ0v) is 13.7. The van der Waals surface area contributed by atoms with Gasteiger partial charge in [-0.25, -0.2) is 0 Å². The lowest BCUT2D eigenvalue weighted by atomic mass is 9.87. The molecule has 5 nitrogen and oxygen atoms in total. The average molecular weight is 353 g/mol. The lowest BCUT2D eigenvalue weighted by Gasteiger charge is -2.27. The van der Waals surface area contributed by atoms with Crippen LogP contribution in [-0.4, -0.2) is 22.3 Å². The number of aliphatic hydroxyl groups is 1. The summed E-state index contributed by atoms with van der Waals surface area (Å²) in [5.74, 6) is -0.287. The first-order chi connectivity index (χ1) is 10.9. The molecule has 2 aromatic rings. The van der Waals surface area contributed by atoms with E-state index in [4.69, 9.17) is 23.2 Å². The Balaban J connectivity index is 2.41. The van der Waals surface area contributed by atoms with Gasteiger partial charge in [0.05, 0.1) is 16.3 Å². The molecule has 1 aromatic carbocycles. The van der Waals surface area contributed by atoms with Crippen LogP contribution in [0.1, 0.15) is 29.3 Å². The Labute approximate surface area is 143 Å². The van der Waals surface area contributed by atoms with Crippen LogP contribution in [0.3, 0.4) is 0 Å². The number of aromatic nitrogens is 1.